The molecule has 0 amide bonds. The van der Waals surface area contributed by atoms with Crippen LogP contribution >= 0.6 is 0 Å². The fourth-order valence-electron chi connectivity index (χ4n) is 4.50. The summed E-state index contributed by atoms with van der Waals surface area (Å²) in [5.41, 5.74) is 0.195. The second kappa shape index (κ2) is 6.66. The molecule has 1 spiro atoms. The Morgan fingerprint density at radius 1 is 1.10 bits per heavy atom. The Labute approximate surface area is 127 Å². The zero-order valence-electron chi connectivity index (χ0n) is 13.0. The smallest absolute Gasteiger partial charge is 0.306 e. The van der Waals surface area contributed by atoms with Crippen molar-refractivity contribution in [2.24, 2.45) is 5.92 Å². The SMILES string of the molecule is O=C(O)C1CCCC(NCC2CCC3(CCCCC3)O2)C1. The summed E-state index contributed by atoms with van der Waals surface area (Å²) in [4.78, 5) is 11.1. The standard InChI is InChI=1S/C17H29NO3/c19-16(20)13-5-4-6-14(11-13)18-12-15-7-10-17(21-15)8-2-1-3-9-17/h13-15,18H,1-12H2,(H,19,20). The van der Waals surface area contributed by atoms with Gasteiger partial charge in [-0.25, -0.2) is 0 Å². The molecule has 1 saturated heterocycles. The van der Waals surface area contributed by atoms with Gasteiger partial charge in [0.2, 0.25) is 0 Å². The fourth-order valence-corrected chi connectivity index (χ4v) is 4.50. The summed E-state index contributed by atoms with van der Waals surface area (Å²) in [5, 5.41) is 12.7. The van der Waals surface area contributed by atoms with Crippen molar-refractivity contribution >= 4 is 5.97 Å². The first-order valence-electron chi connectivity index (χ1n) is 8.81. The van der Waals surface area contributed by atoms with Gasteiger partial charge >= 0.3 is 5.97 Å². The van der Waals surface area contributed by atoms with E-state index in [-0.39, 0.29) is 11.5 Å². The lowest BCUT2D eigenvalue weighted by atomic mass is 9.83. The van der Waals surface area contributed by atoms with Crippen LogP contribution in [0.3, 0.4) is 0 Å². The topological polar surface area (TPSA) is 58.6 Å². The molecule has 2 aliphatic carbocycles. The van der Waals surface area contributed by atoms with Crippen LogP contribution in [0.1, 0.15) is 70.6 Å². The highest BCUT2D eigenvalue weighted by Gasteiger charge is 2.40. The minimum Gasteiger partial charge on any atom is -0.481 e. The predicted molar refractivity (Wildman–Crippen MR) is 81.3 cm³/mol. The van der Waals surface area contributed by atoms with Crippen LogP contribution in [0.2, 0.25) is 0 Å². The number of hydrogen-bond acceptors (Lipinski definition) is 3. The van der Waals surface area contributed by atoms with Crippen molar-refractivity contribution in [1.29, 1.82) is 0 Å². The monoisotopic (exact) mass is 295 g/mol. The van der Waals surface area contributed by atoms with E-state index in [0.29, 0.717) is 12.1 Å². The molecule has 1 heterocycles. The van der Waals surface area contributed by atoms with E-state index < -0.39 is 5.97 Å². The quantitative estimate of drug-likeness (QED) is 0.836. The summed E-state index contributed by atoms with van der Waals surface area (Å²) in [6, 6.07) is 0.367. The van der Waals surface area contributed by atoms with Crippen LogP contribution < -0.4 is 5.32 Å². The first-order chi connectivity index (χ1) is 10.2. The van der Waals surface area contributed by atoms with E-state index in [1.54, 1.807) is 0 Å². The molecule has 0 aromatic carbocycles. The molecule has 4 heteroatoms. The van der Waals surface area contributed by atoms with E-state index in [2.05, 4.69) is 5.32 Å². The highest BCUT2D eigenvalue weighted by Crippen LogP contribution is 2.41. The van der Waals surface area contributed by atoms with Gasteiger partial charge in [0.05, 0.1) is 17.6 Å². The van der Waals surface area contributed by atoms with E-state index >= 15 is 0 Å². The molecule has 3 fully saturated rings. The van der Waals surface area contributed by atoms with Gasteiger partial charge in [-0.15, -0.1) is 0 Å². The Morgan fingerprint density at radius 3 is 2.67 bits per heavy atom. The molecule has 0 aromatic heterocycles. The minimum atomic E-state index is -0.625. The number of nitrogens with one attached hydrogen (secondary N) is 1. The molecular weight excluding hydrogens is 266 g/mol. The number of carboxylic acids is 1. The van der Waals surface area contributed by atoms with Gasteiger partial charge in [0.1, 0.15) is 0 Å². The zero-order chi connectivity index (χ0) is 14.7. The molecule has 3 rings (SSSR count). The highest BCUT2D eigenvalue weighted by atomic mass is 16.5. The van der Waals surface area contributed by atoms with E-state index in [0.717, 1.165) is 32.2 Å². The van der Waals surface area contributed by atoms with Crippen LogP contribution in [-0.4, -0.2) is 35.4 Å². The Bertz CT molecular complexity index is 365. The summed E-state index contributed by atoms with van der Waals surface area (Å²) in [7, 11) is 0. The normalized spacial score (nSPS) is 35.9. The third-order valence-electron chi connectivity index (χ3n) is 5.76. The van der Waals surface area contributed by atoms with Crippen LogP contribution in [0.4, 0.5) is 0 Å². The van der Waals surface area contributed by atoms with E-state index in [1.165, 1.54) is 44.9 Å². The summed E-state index contributed by atoms with van der Waals surface area (Å²) >= 11 is 0. The molecule has 120 valence electrons. The number of rotatable bonds is 4. The fraction of sp³-hybridized carbons (Fsp3) is 0.941. The second-order valence-electron chi connectivity index (χ2n) is 7.33. The number of carbonyl (C=O) groups is 1. The molecule has 3 unspecified atom stereocenters. The van der Waals surface area contributed by atoms with Crippen LogP contribution in [0.25, 0.3) is 0 Å². The first-order valence-corrected chi connectivity index (χ1v) is 8.81. The largest absolute Gasteiger partial charge is 0.481 e. The second-order valence-corrected chi connectivity index (χ2v) is 7.33. The maximum atomic E-state index is 11.1. The number of aliphatic carboxylic acids is 1. The molecule has 2 N–H and O–H groups in total. The van der Waals surface area contributed by atoms with Crippen LogP contribution in [-0.2, 0) is 9.53 Å². The maximum absolute atomic E-state index is 11.1. The van der Waals surface area contributed by atoms with E-state index in [9.17, 15) is 4.79 Å². The number of ether oxygens (including phenoxy) is 1. The molecule has 0 bridgehead atoms. The van der Waals surface area contributed by atoms with Gasteiger partial charge in [-0.2, -0.15) is 0 Å². The molecular formula is C17H29NO3. The lowest BCUT2D eigenvalue weighted by molar-refractivity contribution is -0.143. The van der Waals surface area contributed by atoms with Crippen molar-refractivity contribution in [3.63, 3.8) is 0 Å². The van der Waals surface area contributed by atoms with Crippen molar-refractivity contribution in [2.45, 2.75) is 88.4 Å². The van der Waals surface area contributed by atoms with Crippen LogP contribution in [0.5, 0.6) is 0 Å². The third kappa shape index (κ3) is 3.78. The Hall–Kier alpha value is -0.610. The molecule has 1 aliphatic heterocycles. The maximum Gasteiger partial charge on any atom is 0.306 e. The molecule has 21 heavy (non-hydrogen) atoms. The summed E-state index contributed by atoms with van der Waals surface area (Å²) in [6.45, 7) is 0.902. The minimum absolute atomic E-state index is 0.148. The number of carboxylic acid groups (broad SMARTS) is 1. The average Bonchev–Trinajstić information content (AvgIpc) is 2.89. The molecule has 4 nitrogen and oxygen atoms in total. The lowest BCUT2D eigenvalue weighted by Gasteiger charge is -2.34. The van der Waals surface area contributed by atoms with Gasteiger partial charge < -0.3 is 15.2 Å². The van der Waals surface area contributed by atoms with E-state index in [4.69, 9.17) is 9.84 Å². The predicted octanol–water partition coefficient (Wildman–Crippen LogP) is 3.10. The zero-order valence-corrected chi connectivity index (χ0v) is 13.0. The van der Waals surface area contributed by atoms with Gasteiger partial charge in [-0.1, -0.05) is 25.7 Å². The average molecular weight is 295 g/mol. The van der Waals surface area contributed by atoms with Crippen molar-refractivity contribution in [2.75, 3.05) is 6.54 Å². The number of hydrogen-bond donors (Lipinski definition) is 2. The van der Waals surface area contributed by atoms with Crippen molar-refractivity contribution < 1.29 is 14.6 Å². The molecule has 0 aromatic rings. The molecule has 3 aliphatic rings. The molecule has 2 saturated carbocycles. The van der Waals surface area contributed by atoms with Gasteiger partial charge in [0.15, 0.2) is 0 Å². The Kier molecular flexibility index (Phi) is 4.85. The summed E-state index contributed by atoms with van der Waals surface area (Å²) < 4.78 is 6.38. The lowest BCUT2D eigenvalue weighted by Crippen LogP contribution is -2.41. The Morgan fingerprint density at radius 2 is 1.90 bits per heavy atom. The van der Waals surface area contributed by atoms with Crippen molar-refractivity contribution in [3.05, 3.63) is 0 Å². The van der Waals surface area contributed by atoms with Gasteiger partial charge in [0.25, 0.3) is 0 Å². The summed E-state index contributed by atoms with van der Waals surface area (Å²) in [5.74, 6) is -0.773. The van der Waals surface area contributed by atoms with Gasteiger partial charge in [0, 0.05) is 12.6 Å². The Balaban J connectivity index is 1.42. The highest BCUT2D eigenvalue weighted by molar-refractivity contribution is 5.70. The van der Waals surface area contributed by atoms with Crippen LogP contribution in [0.15, 0.2) is 0 Å². The van der Waals surface area contributed by atoms with Gasteiger partial charge in [-0.3, -0.25) is 4.79 Å². The first kappa shape index (κ1) is 15.3. The van der Waals surface area contributed by atoms with Crippen LogP contribution in [0, 0.1) is 5.92 Å². The van der Waals surface area contributed by atoms with E-state index in [1.807, 2.05) is 0 Å². The molecule has 3 atom stereocenters. The molecule has 0 radical (unpaired) electrons. The van der Waals surface area contributed by atoms with Crippen molar-refractivity contribution in [1.82, 2.24) is 5.32 Å². The van der Waals surface area contributed by atoms with Crippen molar-refractivity contribution in [3.8, 4) is 0 Å². The van der Waals surface area contributed by atoms with Gasteiger partial charge in [-0.05, 0) is 44.9 Å². The third-order valence-corrected chi connectivity index (χ3v) is 5.76. The summed E-state index contributed by atoms with van der Waals surface area (Å²) in [6.07, 6.45) is 13.0.